The van der Waals surface area contributed by atoms with Crippen LogP contribution in [-0.2, 0) is 5.54 Å². The fraction of sp³-hybridized carbons (Fsp3) is 0.364. The van der Waals surface area contributed by atoms with Crippen molar-refractivity contribution in [3.05, 3.63) is 28.0 Å². The summed E-state index contributed by atoms with van der Waals surface area (Å²) in [5.74, 6) is 0. The van der Waals surface area contributed by atoms with Crippen LogP contribution in [0, 0.1) is 4.77 Å². The minimum absolute atomic E-state index is 0.208. The van der Waals surface area contributed by atoms with E-state index in [9.17, 15) is 0 Å². The summed E-state index contributed by atoms with van der Waals surface area (Å²) < 4.78 is 3.00. The van der Waals surface area contributed by atoms with Crippen LogP contribution in [0.15, 0.2) is 18.2 Å². The molecule has 0 unspecified atom stereocenters. The average Bonchev–Trinajstić information content (AvgIpc) is 2.80. The van der Waals surface area contributed by atoms with Gasteiger partial charge in [0.15, 0.2) is 4.77 Å². The maximum atomic E-state index is 6.01. The number of H-pyrrole nitrogens is 1. The molecule has 1 aliphatic carbocycles. The highest BCUT2D eigenvalue weighted by molar-refractivity contribution is 7.71. The lowest BCUT2D eigenvalue weighted by Gasteiger charge is -2.11. The number of nitrogens with zero attached hydrogens (tertiary/aromatic N) is 1. The molecule has 0 aliphatic heterocycles. The molecule has 0 bridgehead atoms. The Balaban J connectivity index is 2.41. The number of hydrogen-bond acceptors (Lipinski definition) is 1. The number of hydrogen-bond donors (Lipinski definition) is 1. The monoisotopic (exact) mass is 238 g/mol. The van der Waals surface area contributed by atoms with E-state index in [0.29, 0.717) is 0 Å². The molecule has 78 valence electrons. The Morgan fingerprint density at radius 2 is 2.20 bits per heavy atom. The van der Waals surface area contributed by atoms with E-state index in [-0.39, 0.29) is 5.54 Å². The lowest BCUT2D eigenvalue weighted by atomic mass is 10.2. The van der Waals surface area contributed by atoms with Crippen LogP contribution in [0.2, 0.25) is 5.02 Å². The fourth-order valence-corrected chi connectivity index (χ4v) is 2.61. The molecule has 1 heterocycles. The minimum Gasteiger partial charge on any atom is -0.331 e. The van der Waals surface area contributed by atoms with Gasteiger partial charge in [-0.3, -0.25) is 0 Å². The minimum atomic E-state index is 0.208. The Morgan fingerprint density at radius 3 is 2.87 bits per heavy atom. The van der Waals surface area contributed by atoms with E-state index < -0.39 is 0 Å². The summed E-state index contributed by atoms with van der Waals surface area (Å²) in [7, 11) is 0. The van der Waals surface area contributed by atoms with E-state index in [1.165, 1.54) is 12.8 Å². The second-order valence-electron chi connectivity index (χ2n) is 4.42. The number of aromatic amines is 1. The van der Waals surface area contributed by atoms with Gasteiger partial charge in [0, 0.05) is 10.6 Å². The fourth-order valence-electron chi connectivity index (χ4n) is 2.02. The van der Waals surface area contributed by atoms with Gasteiger partial charge in [0.05, 0.1) is 11.0 Å². The quantitative estimate of drug-likeness (QED) is 0.749. The molecule has 1 aliphatic rings. The molecule has 0 spiro atoms. The predicted octanol–water partition coefficient (Wildman–Crippen LogP) is 3.86. The molecule has 0 atom stereocenters. The lowest BCUT2D eigenvalue weighted by molar-refractivity contribution is 0.541. The number of aromatic nitrogens is 2. The zero-order valence-corrected chi connectivity index (χ0v) is 9.95. The van der Waals surface area contributed by atoms with Crippen LogP contribution < -0.4 is 0 Å². The van der Waals surface area contributed by atoms with Crippen LogP contribution in [0.4, 0.5) is 0 Å². The Bertz CT molecular complexity index is 592. The molecule has 1 aromatic carbocycles. The van der Waals surface area contributed by atoms with E-state index in [1.54, 1.807) is 0 Å². The van der Waals surface area contributed by atoms with Crippen LogP contribution >= 0.6 is 23.8 Å². The number of rotatable bonds is 1. The Hall–Kier alpha value is -0.800. The molecule has 0 amide bonds. The van der Waals surface area contributed by atoms with E-state index in [2.05, 4.69) is 16.5 Å². The zero-order chi connectivity index (χ0) is 10.6. The topological polar surface area (TPSA) is 20.7 Å². The number of imidazole rings is 1. The van der Waals surface area contributed by atoms with Gasteiger partial charge in [-0.05, 0) is 50.2 Å². The van der Waals surface area contributed by atoms with Crippen molar-refractivity contribution in [1.29, 1.82) is 0 Å². The highest BCUT2D eigenvalue weighted by Gasteiger charge is 2.40. The molecular formula is C11H11ClN2S. The second kappa shape index (κ2) is 2.86. The van der Waals surface area contributed by atoms with Crippen molar-refractivity contribution in [2.45, 2.75) is 25.3 Å². The van der Waals surface area contributed by atoms with Crippen LogP contribution in [-0.4, -0.2) is 9.55 Å². The van der Waals surface area contributed by atoms with Crippen LogP contribution in [0.5, 0.6) is 0 Å². The van der Waals surface area contributed by atoms with E-state index in [0.717, 1.165) is 20.8 Å². The third-order valence-electron chi connectivity index (χ3n) is 3.16. The molecular weight excluding hydrogens is 228 g/mol. The molecule has 15 heavy (non-hydrogen) atoms. The number of nitrogens with one attached hydrogen (secondary N) is 1. The van der Waals surface area contributed by atoms with Gasteiger partial charge in [-0.25, -0.2) is 0 Å². The first-order valence-corrected chi connectivity index (χ1v) is 5.80. The maximum absolute atomic E-state index is 6.01. The highest BCUT2D eigenvalue weighted by atomic mass is 35.5. The summed E-state index contributed by atoms with van der Waals surface area (Å²) in [5, 5.41) is 0.759. The summed E-state index contributed by atoms with van der Waals surface area (Å²) in [6.45, 7) is 2.23. The molecule has 0 saturated heterocycles. The largest absolute Gasteiger partial charge is 0.331 e. The number of fused-ring (bicyclic) bond motifs is 1. The second-order valence-corrected chi connectivity index (χ2v) is 5.25. The summed E-state index contributed by atoms with van der Waals surface area (Å²) in [6.07, 6.45) is 2.39. The van der Waals surface area contributed by atoms with Gasteiger partial charge in [-0.15, -0.1) is 0 Å². The number of benzene rings is 1. The lowest BCUT2D eigenvalue weighted by Crippen LogP contribution is -2.11. The third-order valence-corrected chi connectivity index (χ3v) is 3.68. The van der Waals surface area contributed by atoms with E-state index in [4.69, 9.17) is 23.8 Å². The predicted molar refractivity (Wildman–Crippen MR) is 65.0 cm³/mol. The summed E-state index contributed by atoms with van der Waals surface area (Å²) in [4.78, 5) is 3.22. The maximum Gasteiger partial charge on any atom is 0.178 e. The highest BCUT2D eigenvalue weighted by Crippen LogP contribution is 2.45. The van der Waals surface area contributed by atoms with Crippen molar-refractivity contribution < 1.29 is 0 Å². The van der Waals surface area contributed by atoms with Crippen molar-refractivity contribution in [2.24, 2.45) is 0 Å². The Kier molecular flexibility index (Phi) is 1.80. The van der Waals surface area contributed by atoms with Crippen LogP contribution in [0.1, 0.15) is 19.8 Å². The molecule has 2 nitrogen and oxygen atoms in total. The molecule has 0 radical (unpaired) electrons. The van der Waals surface area contributed by atoms with Crippen molar-refractivity contribution in [3.8, 4) is 0 Å². The van der Waals surface area contributed by atoms with Gasteiger partial charge in [-0.2, -0.15) is 0 Å². The normalized spacial score (nSPS) is 18.3. The first-order valence-electron chi connectivity index (χ1n) is 5.01. The van der Waals surface area contributed by atoms with Gasteiger partial charge in [0.2, 0.25) is 0 Å². The summed E-state index contributed by atoms with van der Waals surface area (Å²) in [5.41, 5.74) is 2.39. The van der Waals surface area contributed by atoms with Gasteiger partial charge in [0.25, 0.3) is 0 Å². The Morgan fingerprint density at radius 1 is 1.47 bits per heavy atom. The Labute approximate surface area is 97.9 Å². The van der Waals surface area contributed by atoms with Gasteiger partial charge < -0.3 is 9.55 Å². The SMILES string of the molecule is CC1(n2c(=S)[nH]c3ccc(Cl)cc32)CC1. The molecule has 4 heteroatoms. The summed E-state index contributed by atoms with van der Waals surface area (Å²) >= 11 is 11.4. The molecule has 1 aromatic heterocycles. The van der Waals surface area contributed by atoms with Gasteiger partial charge in [-0.1, -0.05) is 11.6 Å². The molecule has 1 fully saturated rings. The van der Waals surface area contributed by atoms with Crippen LogP contribution in [0.3, 0.4) is 0 Å². The first kappa shape index (κ1) is 9.43. The zero-order valence-electron chi connectivity index (χ0n) is 8.38. The van der Waals surface area contributed by atoms with E-state index >= 15 is 0 Å². The summed E-state index contributed by atoms with van der Waals surface area (Å²) in [6, 6.07) is 5.84. The van der Waals surface area contributed by atoms with Crippen LogP contribution in [0.25, 0.3) is 11.0 Å². The first-order chi connectivity index (χ1) is 7.10. The third kappa shape index (κ3) is 1.34. The smallest absolute Gasteiger partial charge is 0.178 e. The average molecular weight is 239 g/mol. The van der Waals surface area contributed by atoms with Gasteiger partial charge in [0.1, 0.15) is 0 Å². The van der Waals surface area contributed by atoms with Crippen molar-refractivity contribution in [3.63, 3.8) is 0 Å². The van der Waals surface area contributed by atoms with E-state index in [1.807, 2.05) is 18.2 Å². The van der Waals surface area contributed by atoms with Crippen molar-refractivity contribution >= 4 is 34.9 Å². The molecule has 3 rings (SSSR count). The molecule has 1 N–H and O–H groups in total. The van der Waals surface area contributed by atoms with Gasteiger partial charge >= 0.3 is 0 Å². The van der Waals surface area contributed by atoms with Crippen molar-refractivity contribution in [1.82, 2.24) is 9.55 Å². The number of halogens is 1. The standard InChI is InChI=1S/C11H11ClN2S/c1-11(4-5-11)14-9-6-7(12)2-3-8(9)13-10(14)15/h2-3,6H,4-5H2,1H3,(H,13,15). The van der Waals surface area contributed by atoms with Crippen molar-refractivity contribution in [2.75, 3.05) is 0 Å². The molecule has 2 aromatic rings. The molecule has 1 saturated carbocycles.